The third-order valence-electron chi connectivity index (χ3n) is 3.30. The van der Waals surface area contributed by atoms with Gasteiger partial charge in [-0.25, -0.2) is 0 Å². The lowest BCUT2D eigenvalue weighted by molar-refractivity contribution is -0.122. The monoisotopic (exact) mass is 247 g/mol. The molecule has 0 saturated carbocycles. The minimum atomic E-state index is 0.119. The van der Waals surface area contributed by atoms with E-state index >= 15 is 0 Å². The second kappa shape index (κ2) is 7.11. The van der Waals surface area contributed by atoms with Crippen LogP contribution in [0.2, 0.25) is 0 Å². The highest BCUT2D eigenvalue weighted by molar-refractivity contribution is 5.77. The largest absolute Gasteiger partial charge is 0.351 e. The molecule has 0 radical (unpaired) electrons. The second-order valence-corrected chi connectivity index (χ2v) is 4.82. The number of aromatic nitrogens is 1. The number of nitrogens with one attached hydrogen (secondary N) is 1. The van der Waals surface area contributed by atoms with E-state index in [4.69, 9.17) is 0 Å². The quantitative estimate of drug-likeness (QED) is 0.878. The zero-order valence-electron chi connectivity index (χ0n) is 10.8. The summed E-state index contributed by atoms with van der Waals surface area (Å²) in [5.41, 5.74) is 1.09. The van der Waals surface area contributed by atoms with E-state index in [9.17, 15) is 4.79 Å². The summed E-state index contributed by atoms with van der Waals surface area (Å²) in [6, 6.07) is 3.85. The molecule has 0 aliphatic carbocycles. The first-order chi connectivity index (χ1) is 8.84. The molecule has 1 aliphatic rings. The molecule has 4 heteroatoms. The van der Waals surface area contributed by atoms with Gasteiger partial charge in [-0.3, -0.25) is 14.7 Å². The topological polar surface area (TPSA) is 45.2 Å². The Morgan fingerprint density at radius 2 is 1.83 bits per heavy atom. The lowest BCUT2D eigenvalue weighted by Gasteiger charge is -2.18. The third kappa shape index (κ3) is 4.45. The molecule has 1 fully saturated rings. The molecular weight excluding hydrogens is 226 g/mol. The number of carbonyl (C=O) groups is 1. The van der Waals surface area contributed by atoms with Crippen molar-refractivity contribution >= 4 is 5.91 Å². The van der Waals surface area contributed by atoms with Gasteiger partial charge in [0.25, 0.3) is 0 Å². The molecule has 1 aliphatic heterocycles. The summed E-state index contributed by atoms with van der Waals surface area (Å²) in [4.78, 5) is 18.0. The summed E-state index contributed by atoms with van der Waals surface area (Å²) in [5.74, 6) is 0.119. The molecule has 2 heterocycles. The van der Waals surface area contributed by atoms with Gasteiger partial charge in [0.2, 0.25) is 5.91 Å². The number of carbonyl (C=O) groups excluding carboxylic acids is 1. The van der Waals surface area contributed by atoms with Crippen molar-refractivity contribution in [2.75, 3.05) is 19.6 Å². The van der Waals surface area contributed by atoms with Crippen LogP contribution < -0.4 is 5.32 Å². The Balaban J connectivity index is 1.71. The van der Waals surface area contributed by atoms with Gasteiger partial charge in [-0.05, 0) is 43.6 Å². The fraction of sp³-hybridized carbons (Fsp3) is 0.571. The molecule has 98 valence electrons. The van der Waals surface area contributed by atoms with Crippen molar-refractivity contribution in [1.82, 2.24) is 15.2 Å². The highest BCUT2D eigenvalue weighted by Crippen LogP contribution is 2.08. The maximum atomic E-state index is 11.8. The predicted octanol–water partition coefficient (Wildman–Crippen LogP) is 1.57. The van der Waals surface area contributed by atoms with Crippen molar-refractivity contribution in [3.8, 4) is 0 Å². The van der Waals surface area contributed by atoms with Crippen LogP contribution in [0.1, 0.15) is 31.2 Å². The van der Waals surface area contributed by atoms with Crippen molar-refractivity contribution < 1.29 is 4.79 Å². The molecule has 0 unspecified atom stereocenters. The van der Waals surface area contributed by atoms with Crippen LogP contribution in [0.5, 0.6) is 0 Å². The minimum Gasteiger partial charge on any atom is -0.351 e. The number of nitrogens with zero attached hydrogens (tertiary/aromatic N) is 2. The van der Waals surface area contributed by atoms with Gasteiger partial charge >= 0.3 is 0 Å². The summed E-state index contributed by atoms with van der Waals surface area (Å²) < 4.78 is 0. The van der Waals surface area contributed by atoms with E-state index < -0.39 is 0 Å². The molecule has 2 rings (SSSR count). The fourth-order valence-corrected chi connectivity index (χ4v) is 2.25. The van der Waals surface area contributed by atoms with Gasteiger partial charge in [0.1, 0.15) is 0 Å². The molecule has 0 spiro atoms. The molecule has 1 amide bonds. The Morgan fingerprint density at radius 1 is 1.17 bits per heavy atom. The Kier molecular flexibility index (Phi) is 5.15. The van der Waals surface area contributed by atoms with E-state index in [1.807, 2.05) is 12.1 Å². The van der Waals surface area contributed by atoms with Crippen molar-refractivity contribution in [3.05, 3.63) is 30.1 Å². The lowest BCUT2D eigenvalue weighted by atomic mass is 10.2. The number of pyridine rings is 1. The van der Waals surface area contributed by atoms with Crippen LogP contribution in [-0.4, -0.2) is 35.4 Å². The molecule has 1 N–H and O–H groups in total. The lowest BCUT2D eigenvalue weighted by Crippen LogP contribution is -2.37. The number of hydrogen-bond acceptors (Lipinski definition) is 3. The minimum absolute atomic E-state index is 0.119. The first kappa shape index (κ1) is 13.0. The van der Waals surface area contributed by atoms with E-state index in [2.05, 4.69) is 15.2 Å². The summed E-state index contributed by atoms with van der Waals surface area (Å²) in [6.07, 6.45) is 8.53. The van der Waals surface area contributed by atoms with Crippen LogP contribution in [0.25, 0.3) is 0 Å². The van der Waals surface area contributed by atoms with Gasteiger partial charge in [-0.1, -0.05) is 12.8 Å². The second-order valence-electron chi connectivity index (χ2n) is 4.82. The standard InChI is InChI=1S/C14H21N3O/c18-14(12-17-9-3-1-2-4-10-17)16-11-13-5-7-15-8-6-13/h5-8H,1-4,9-12H2,(H,16,18). The molecule has 4 nitrogen and oxygen atoms in total. The zero-order valence-corrected chi connectivity index (χ0v) is 10.8. The van der Waals surface area contributed by atoms with Crippen molar-refractivity contribution in [1.29, 1.82) is 0 Å². The van der Waals surface area contributed by atoms with Crippen LogP contribution in [0.15, 0.2) is 24.5 Å². The van der Waals surface area contributed by atoms with Gasteiger partial charge in [0.05, 0.1) is 6.54 Å². The highest BCUT2D eigenvalue weighted by atomic mass is 16.2. The smallest absolute Gasteiger partial charge is 0.234 e. The van der Waals surface area contributed by atoms with Crippen molar-refractivity contribution in [2.24, 2.45) is 0 Å². The van der Waals surface area contributed by atoms with Crippen LogP contribution in [0.3, 0.4) is 0 Å². The zero-order chi connectivity index (χ0) is 12.6. The molecule has 0 atom stereocenters. The Hall–Kier alpha value is -1.42. The molecule has 1 aromatic rings. The van der Waals surface area contributed by atoms with Crippen LogP contribution in [-0.2, 0) is 11.3 Å². The maximum Gasteiger partial charge on any atom is 0.234 e. The molecule has 1 saturated heterocycles. The average molecular weight is 247 g/mol. The summed E-state index contributed by atoms with van der Waals surface area (Å²) >= 11 is 0. The Bertz CT molecular complexity index is 359. The van der Waals surface area contributed by atoms with E-state index in [0.29, 0.717) is 13.1 Å². The van der Waals surface area contributed by atoms with E-state index in [1.54, 1.807) is 12.4 Å². The Morgan fingerprint density at radius 3 is 2.50 bits per heavy atom. The summed E-state index contributed by atoms with van der Waals surface area (Å²) in [5, 5.41) is 2.96. The van der Waals surface area contributed by atoms with Gasteiger partial charge in [0.15, 0.2) is 0 Å². The van der Waals surface area contributed by atoms with Gasteiger partial charge in [-0.2, -0.15) is 0 Å². The van der Waals surface area contributed by atoms with Crippen LogP contribution in [0.4, 0.5) is 0 Å². The molecule has 1 aromatic heterocycles. The van der Waals surface area contributed by atoms with Gasteiger partial charge in [-0.15, -0.1) is 0 Å². The number of hydrogen-bond donors (Lipinski definition) is 1. The van der Waals surface area contributed by atoms with Crippen molar-refractivity contribution in [3.63, 3.8) is 0 Å². The first-order valence-corrected chi connectivity index (χ1v) is 6.72. The molecular formula is C14H21N3O. The first-order valence-electron chi connectivity index (χ1n) is 6.72. The van der Waals surface area contributed by atoms with E-state index in [-0.39, 0.29) is 5.91 Å². The number of rotatable bonds is 4. The average Bonchev–Trinajstić information content (AvgIpc) is 2.66. The van der Waals surface area contributed by atoms with Crippen LogP contribution >= 0.6 is 0 Å². The predicted molar refractivity (Wildman–Crippen MR) is 71.0 cm³/mol. The van der Waals surface area contributed by atoms with Crippen LogP contribution in [0, 0.1) is 0 Å². The van der Waals surface area contributed by atoms with E-state index in [0.717, 1.165) is 18.7 Å². The fourth-order valence-electron chi connectivity index (χ4n) is 2.25. The number of amides is 1. The van der Waals surface area contributed by atoms with Gasteiger partial charge in [0, 0.05) is 18.9 Å². The van der Waals surface area contributed by atoms with E-state index in [1.165, 1.54) is 25.7 Å². The molecule has 0 bridgehead atoms. The summed E-state index contributed by atoms with van der Waals surface area (Å²) in [7, 11) is 0. The summed E-state index contributed by atoms with van der Waals surface area (Å²) in [6.45, 7) is 3.24. The number of likely N-dealkylation sites (tertiary alicyclic amines) is 1. The molecule has 0 aromatic carbocycles. The maximum absolute atomic E-state index is 11.8. The van der Waals surface area contributed by atoms with Crippen molar-refractivity contribution in [2.45, 2.75) is 32.2 Å². The third-order valence-corrected chi connectivity index (χ3v) is 3.30. The van der Waals surface area contributed by atoms with Gasteiger partial charge < -0.3 is 5.32 Å². The normalized spacial score (nSPS) is 17.1. The molecule has 18 heavy (non-hydrogen) atoms. The Labute approximate surface area is 108 Å². The highest BCUT2D eigenvalue weighted by Gasteiger charge is 2.12. The SMILES string of the molecule is O=C(CN1CCCCCC1)NCc1ccncc1.